The zero-order chi connectivity index (χ0) is 9.84. The highest BCUT2D eigenvalue weighted by Crippen LogP contribution is 2.07. The highest BCUT2D eigenvalue weighted by atomic mass is 16.3. The standard InChI is InChI=1S/C10H22N2O/c1-8-7-12(5-4-10(3)13)9(2)6-11-8/h8-11,13H,4-7H2,1-3H3. The van der Waals surface area contributed by atoms with Crippen LogP contribution in [0.3, 0.4) is 0 Å². The molecule has 13 heavy (non-hydrogen) atoms. The molecule has 0 bridgehead atoms. The van der Waals surface area contributed by atoms with Crippen molar-refractivity contribution in [3.63, 3.8) is 0 Å². The van der Waals surface area contributed by atoms with E-state index in [-0.39, 0.29) is 6.10 Å². The lowest BCUT2D eigenvalue weighted by atomic mass is 10.1. The number of hydrogen-bond donors (Lipinski definition) is 2. The van der Waals surface area contributed by atoms with Crippen LogP contribution in [0.15, 0.2) is 0 Å². The molecule has 0 aromatic rings. The summed E-state index contributed by atoms with van der Waals surface area (Å²) in [5, 5.41) is 12.6. The third-order valence-corrected chi connectivity index (χ3v) is 2.73. The molecule has 2 N–H and O–H groups in total. The summed E-state index contributed by atoms with van der Waals surface area (Å²) >= 11 is 0. The Morgan fingerprint density at radius 2 is 2.23 bits per heavy atom. The number of nitrogens with one attached hydrogen (secondary N) is 1. The van der Waals surface area contributed by atoms with Crippen molar-refractivity contribution in [3.8, 4) is 0 Å². The molecular formula is C10H22N2O. The van der Waals surface area contributed by atoms with E-state index in [1.807, 2.05) is 6.92 Å². The monoisotopic (exact) mass is 186 g/mol. The van der Waals surface area contributed by atoms with Crippen molar-refractivity contribution in [1.29, 1.82) is 0 Å². The Labute approximate surface area is 81.1 Å². The van der Waals surface area contributed by atoms with E-state index in [0.29, 0.717) is 12.1 Å². The van der Waals surface area contributed by atoms with E-state index < -0.39 is 0 Å². The second-order valence-electron chi connectivity index (χ2n) is 4.29. The van der Waals surface area contributed by atoms with Gasteiger partial charge < -0.3 is 10.4 Å². The molecule has 0 aliphatic carbocycles. The third-order valence-electron chi connectivity index (χ3n) is 2.73. The second-order valence-corrected chi connectivity index (χ2v) is 4.29. The van der Waals surface area contributed by atoms with Crippen LogP contribution in [0.5, 0.6) is 0 Å². The van der Waals surface area contributed by atoms with Gasteiger partial charge in [0.15, 0.2) is 0 Å². The molecule has 1 heterocycles. The van der Waals surface area contributed by atoms with Crippen molar-refractivity contribution in [1.82, 2.24) is 10.2 Å². The van der Waals surface area contributed by atoms with Gasteiger partial charge in [-0.25, -0.2) is 0 Å². The topological polar surface area (TPSA) is 35.5 Å². The van der Waals surface area contributed by atoms with Gasteiger partial charge in [0, 0.05) is 31.7 Å². The second kappa shape index (κ2) is 4.94. The quantitative estimate of drug-likeness (QED) is 0.671. The summed E-state index contributed by atoms with van der Waals surface area (Å²) in [6, 6.07) is 1.19. The summed E-state index contributed by atoms with van der Waals surface area (Å²) in [4.78, 5) is 2.45. The van der Waals surface area contributed by atoms with E-state index in [2.05, 4.69) is 24.1 Å². The smallest absolute Gasteiger partial charge is 0.0524 e. The maximum atomic E-state index is 9.19. The molecule has 1 aliphatic heterocycles. The third kappa shape index (κ3) is 3.63. The van der Waals surface area contributed by atoms with Gasteiger partial charge in [-0.2, -0.15) is 0 Å². The van der Waals surface area contributed by atoms with Gasteiger partial charge in [0.1, 0.15) is 0 Å². The van der Waals surface area contributed by atoms with Crippen LogP contribution in [0, 0.1) is 0 Å². The van der Waals surface area contributed by atoms with Gasteiger partial charge in [0.2, 0.25) is 0 Å². The van der Waals surface area contributed by atoms with Crippen molar-refractivity contribution in [3.05, 3.63) is 0 Å². The number of piperazine rings is 1. The van der Waals surface area contributed by atoms with Crippen molar-refractivity contribution < 1.29 is 5.11 Å². The molecule has 0 radical (unpaired) electrons. The molecule has 3 atom stereocenters. The van der Waals surface area contributed by atoms with Crippen LogP contribution in [-0.4, -0.2) is 47.8 Å². The Hall–Kier alpha value is -0.120. The molecule has 1 aliphatic rings. The molecule has 3 heteroatoms. The molecule has 0 aromatic carbocycles. The van der Waals surface area contributed by atoms with E-state index in [4.69, 9.17) is 0 Å². The first-order valence-corrected chi connectivity index (χ1v) is 5.25. The lowest BCUT2D eigenvalue weighted by molar-refractivity contribution is 0.110. The Balaban J connectivity index is 2.29. The van der Waals surface area contributed by atoms with Gasteiger partial charge in [-0.05, 0) is 27.2 Å². The van der Waals surface area contributed by atoms with Crippen LogP contribution < -0.4 is 5.32 Å². The summed E-state index contributed by atoms with van der Waals surface area (Å²) in [5.74, 6) is 0. The predicted molar refractivity (Wildman–Crippen MR) is 54.8 cm³/mol. The minimum atomic E-state index is -0.169. The Bertz CT molecular complexity index is 150. The van der Waals surface area contributed by atoms with Crippen LogP contribution in [-0.2, 0) is 0 Å². The van der Waals surface area contributed by atoms with Crippen molar-refractivity contribution in [2.45, 2.75) is 45.4 Å². The van der Waals surface area contributed by atoms with Crippen molar-refractivity contribution in [2.75, 3.05) is 19.6 Å². The van der Waals surface area contributed by atoms with E-state index in [1.165, 1.54) is 0 Å². The largest absolute Gasteiger partial charge is 0.393 e. The first kappa shape index (κ1) is 11.0. The number of aliphatic hydroxyl groups is 1. The van der Waals surface area contributed by atoms with Crippen molar-refractivity contribution >= 4 is 0 Å². The van der Waals surface area contributed by atoms with Crippen LogP contribution in [0.2, 0.25) is 0 Å². The normalized spacial score (nSPS) is 33.2. The fourth-order valence-electron chi connectivity index (χ4n) is 1.76. The van der Waals surface area contributed by atoms with Gasteiger partial charge in [0.25, 0.3) is 0 Å². The Kier molecular flexibility index (Phi) is 4.16. The zero-order valence-corrected chi connectivity index (χ0v) is 8.95. The van der Waals surface area contributed by atoms with Crippen LogP contribution >= 0.6 is 0 Å². The number of nitrogens with zero attached hydrogens (tertiary/aromatic N) is 1. The van der Waals surface area contributed by atoms with Gasteiger partial charge >= 0.3 is 0 Å². The SMILES string of the molecule is CC(O)CCN1CC(C)NCC1C. The highest BCUT2D eigenvalue weighted by Gasteiger charge is 2.21. The highest BCUT2D eigenvalue weighted by molar-refractivity contribution is 4.81. The fraction of sp³-hybridized carbons (Fsp3) is 1.00. The average molecular weight is 186 g/mol. The van der Waals surface area contributed by atoms with E-state index in [1.54, 1.807) is 0 Å². The molecule has 0 aromatic heterocycles. The lowest BCUT2D eigenvalue weighted by Gasteiger charge is -2.37. The summed E-state index contributed by atoms with van der Waals surface area (Å²) in [7, 11) is 0. The van der Waals surface area contributed by atoms with Gasteiger partial charge in [-0.3, -0.25) is 4.90 Å². The predicted octanol–water partition coefficient (Wildman–Crippen LogP) is 0.439. The Morgan fingerprint density at radius 3 is 2.85 bits per heavy atom. The molecule has 78 valence electrons. The van der Waals surface area contributed by atoms with Gasteiger partial charge in [-0.15, -0.1) is 0 Å². The molecule has 0 saturated carbocycles. The summed E-state index contributed by atoms with van der Waals surface area (Å²) in [6.45, 7) is 9.50. The van der Waals surface area contributed by atoms with E-state index in [9.17, 15) is 5.11 Å². The summed E-state index contributed by atoms with van der Waals surface area (Å²) < 4.78 is 0. The molecule has 0 spiro atoms. The Morgan fingerprint density at radius 1 is 1.54 bits per heavy atom. The molecule has 1 rings (SSSR count). The molecule has 3 unspecified atom stereocenters. The first-order chi connectivity index (χ1) is 6.09. The molecule has 1 saturated heterocycles. The van der Waals surface area contributed by atoms with E-state index >= 15 is 0 Å². The van der Waals surface area contributed by atoms with Crippen LogP contribution in [0.4, 0.5) is 0 Å². The first-order valence-electron chi connectivity index (χ1n) is 5.25. The fourth-order valence-corrected chi connectivity index (χ4v) is 1.76. The number of hydrogen-bond acceptors (Lipinski definition) is 3. The summed E-state index contributed by atoms with van der Waals surface area (Å²) in [5.41, 5.74) is 0. The number of aliphatic hydroxyl groups excluding tert-OH is 1. The molecular weight excluding hydrogens is 164 g/mol. The average Bonchev–Trinajstić information content (AvgIpc) is 2.06. The van der Waals surface area contributed by atoms with Crippen LogP contribution in [0.25, 0.3) is 0 Å². The molecule has 3 nitrogen and oxygen atoms in total. The zero-order valence-electron chi connectivity index (χ0n) is 8.95. The minimum Gasteiger partial charge on any atom is -0.393 e. The number of rotatable bonds is 3. The summed E-state index contributed by atoms with van der Waals surface area (Å²) in [6.07, 6.45) is 0.717. The molecule has 0 amide bonds. The van der Waals surface area contributed by atoms with Gasteiger partial charge in [-0.1, -0.05) is 0 Å². The van der Waals surface area contributed by atoms with Gasteiger partial charge in [0.05, 0.1) is 6.10 Å². The maximum Gasteiger partial charge on any atom is 0.0524 e. The maximum absolute atomic E-state index is 9.19. The lowest BCUT2D eigenvalue weighted by Crippen LogP contribution is -2.54. The van der Waals surface area contributed by atoms with Crippen LogP contribution in [0.1, 0.15) is 27.2 Å². The van der Waals surface area contributed by atoms with Crippen molar-refractivity contribution in [2.24, 2.45) is 0 Å². The van der Waals surface area contributed by atoms with E-state index in [0.717, 1.165) is 26.1 Å². The minimum absolute atomic E-state index is 0.169. The molecule has 1 fully saturated rings.